The van der Waals surface area contributed by atoms with Gasteiger partial charge in [0.1, 0.15) is 5.82 Å². The van der Waals surface area contributed by atoms with E-state index in [9.17, 15) is 8.42 Å². The Morgan fingerprint density at radius 3 is 2.53 bits per heavy atom. The van der Waals surface area contributed by atoms with Gasteiger partial charge >= 0.3 is 0 Å². The SMILES string of the molecule is CS(=O)(=O)N1CCN(c2nccc(CN)c2Cl)CC1. The number of nitrogens with zero attached hydrogens (tertiary/aromatic N) is 3. The minimum atomic E-state index is -3.12. The normalized spacial score (nSPS) is 17.7. The van der Waals surface area contributed by atoms with Gasteiger partial charge in [0.05, 0.1) is 11.3 Å². The summed E-state index contributed by atoms with van der Waals surface area (Å²) >= 11 is 6.25. The number of piperazine rings is 1. The van der Waals surface area contributed by atoms with Crippen molar-refractivity contribution < 1.29 is 8.42 Å². The molecule has 1 aromatic rings. The molecule has 2 heterocycles. The third-order valence-corrected chi connectivity index (χ3v) is 4.89. The molecule has 1 saturated heterocycles. The van der Waals surface area contributed by atoms with E-state index >= 15 is 0 Å². The number of nitrogens with two attached hydrogens (primary N) is 1. The van der Waals surface area contributed by atoms with E-state index in [1.54, 1.807) is 12.3 Å². The van der Waals surface area contributed by atoms with Gasteiger partial charge < -0.3 is 10.6 Å². The fraction of sp³-hybridized carbons (Fsp3) is 0.545. The Morgan fingerprint density at radius 2 is 2.00 bits per heavy atom. The second-order valence-electron chi connectivity index (χ2n) is 4.46. The summed E-state index contributed by atoms with van der Waals surface area (Å²) in [6.45, 7) is 2.41. The van der Waals surface area contributed by atoms with Crippen molar-refractivity contribution in [3.05, 3.63) is 22.8 Å². The molecule has 0 bridgehead atoms. The van der Waals surface area contributed by atoms with Gasteiger partial charge in [0, 0.05) is 38.9 Å². The molecule has 0 aromatic carbocycles. The Hall–Kier alpha value is -0.890. The number of aromatic nitrogens is 1. The van der Waals surface area contributed by atoms with Crippen LogP contribution < -0.4 is 10.6 Å². The summed E-state index contributed by atoms with van der Waals surface area (Å²) in [6.07, 6.45) is 2.90. The van der Waals surface area contributed by atoms with E-state index in [0.717, 1.165) is 5.56 Å². The average molecular weight is 305 g/mol. The van der Waals surface area contributed by atoms with Gasteiger partial charge in [-0.1, -0.05) is 11.6 Å². The van der Waals surface area contributed by atoms with Gasteiger partial charge in [-0.05, 0) is 11.6 Å². The van der Waals surface area contributed by atoms with Crippen LogP contribution in [-0.4, -0.2) is 50.1 Å². The van der Waals surface area contributed by atoms with Crippen LogP contribution in [0.25, 0.3) is 0 Å². The van der Waals surface area contributed by atoms with E-state index < -0.39 is 10.0 Å². The molecular weight excluding hydrogens is 288 g/mol. The lowest BCUT2D eigenvalue weighted by atomic mass is 10.2. The maximum absolute atomic E-state index is 11.4. The lowest BCUT2D eigenvalue weighted by Gasteiger charge is -2.34. The first-order valence-corrected chi connectivity index (χ1v) is 8.19. The molecule has 8 heteroatoms. The summed E-state index contributed by atoms with van der Waals surface area (Å²) in [4.78, 5) is 6.26. The minimum absolute atomic E-state index is 0.359. The number of halogens is 1. The van der Waals surface area contributed by atoms with Crippen LogP contribution in [-0.2, 0) is 16.6 Å². The van der Waals surface area contributed by atoms with Crippen LogP contribution in [0.5, 0.6) is 0 Å². The minimum Gasteiger partial charge on any atom is -0.353 e. The number of rotatable bonds is 3. The van der Waals surface area contributed by atoms with Crippen LogP contribution >= 0.6 is 11.6 Å². The monoisotopic (exact) mass is 304 g/mol. The largest absolute Gasteiger partial charge is 0.353 e. The topological polar surface area (TPSA) is 79.5 Å². The smallest absolute Gasteiger partial charge is 0.211 e. The van der Waals surface area contributed by atoms with E-state index in [4.69, 9.17) is 17.3 Å². The fourth-order valence-corrected chi connectivity index (χ4v) is 3.22. The van der Waals surface area contributed by atoms with Crippen molar-refractivity contribution in [1.29, 1.82) is 0 Å². The highest BCUT2D eigenvalue weighted by atomic mass is 35.5. The van der Waals surface area contributed by atoms with Crippen molar-refractivity contribution in [2.24, 2.45) is 5.73 Å². The van der Waals surface area contributed by atoms with Gasteiger partial charge in [-0.3, -0.25) is 0 Å². The Labute approximate surface area is 118 Å². The highest BCUT2D eigenvalue weighted by Gasteiger charge is 2.25. The summed E-state index contributed by atoms with van der Waals surface area (Å²) in [7, 11) is -3.12. The summed E-state index contributed by atoms with van der Waals surface area (Å²) in [5, 5.41) is 0.554. The average Bonchev–Trinajstić information content (AvgIpc) is 2.38. The van der Waals surface area contributed by atoms with Gasteiger partial charge in [0.25, 0.3) is 0 Å². The summed E-state index contributed by atoms with van der Waals surface area (Å²) in [6, 6.07) is 1.79. The molecule has 1 aromatic heterocycles. The van der Waals surface area contributed by atoms with Crippen molar-refractivity contribution in [2.45, 2.75) is 6.54 Å². The maximum Gasteiger partial charge on any atom is 0.211 e. The van der Waals surface area contributed by atoms with Crippen LogP contribution in [0.3, 0.4) is 0 Å². The van der Waals surface area contributed by atoms with E-state index in [0.29, 0.717) is 43.6 Å². The predicted molar refractivity (Wildman–Crippen MR) is 75.8 cm³/mol. The number of anilines is 1. The Kier molecular flexibility index (Phi) is 4.29. The van der Waals surface area contributed by atoms with Crippen molar-refractivity contribution in [2.75, 3.05) is 37.3 Å². The fourth-order valence-electron chi connectivity index (χ4n) is 2.08. The number of sulfonamides is 1. The Morgan fingerprint density at radius 1 is 1.37 bits per heavy atom. The van der Waals surface area contributed by atoms with Crippen LogP contribution in [0.15, 0.2) is 12.3 Å². The lowest BCUT2D eigenvalue weighted by Crippen LogP contribution is -2.48. The number of hydrogen-bond acceptors (Lipinski definition) is 5. The lowest BCUT2D eigenvalue weighted by molar-refractivity contribution is 0.387. The van der Waals surface area contributed by atoms with Crippen LogP contribution in [0.1, 0.15) is 5.56 Å². The molecule has 0 radical (unpaired) electrons. The number of hydrogen-bond donors (Lipinski definition) is 1. The molecule has 0 unspecified atom stereocenters. The zero-order chi connectivity index (χ0) is 14.0. The molecule has 2 N–H and O–H groups in total. The van der Waals surface area contributed by atoms with Gasteiger partial charge in [0.2, 0.25) is 10.0 Å². The zero-order valence-corrected chi connectivity index (χ0v) is 12.3. The quantitative estimate of drug-likeness (QED) is 0.867. The molecule has 0 aliphatic carbocycles. The summed E-state index contributed by atoms with van der Waals surface area (Å²) < 4.78 is 24.4. The molecule has 0 saturated carbocycles. The van der Waals surface area contributed by atoms with Crippen molar-refractivity contribution in [3.8, 4) is 0 Å². The molecule has 1 aliphatic heterocycles. The standard InChI is InChI=1S/C11H17ClN4O2S/c1-19(17,18)16-6-4-15(5-7-16)11-10(12)9(8-13)2-3-14-11/h2-3H,4-8,13H2,1H3. The second-order valence-corrected chi connectivity index (χ2v) is 6.82. The molecule has 1 aliphatic rings. The highest BCUT2D eigenvalue weighted by molar-refractivity contribution is 7.88. The molecule has 6 nitrogen and oxygen atoms in total. The molecule has 19 heavy (non-hydrogen) atoms. The first-order chi connectivity index (χ1) is 8.93. The van der Waals surface area contributed by atoms with E-state index in [1.807, 2.05) is 4.90 Å². The molecule has 1 fully saturated rings. The molecule has 0 atom stereocenters. The molecule has 106 valence electrons. The molecule has 0 spiro atoms. The third kappa shape index (κ3) is 3.17. The van der Waals surface area contributed by atoms with Crippen LogP contribution in [0.4, 0.5) is 5.82 Å². The third-order valence-electron chi connectivity index (χ3n) is 3.18. The first-order valence-electron chi connectivity index (χ1n) is 5.97. The van der Waals surface area contributed by atoms with E-state index in [1.165, 1.54) is 10.6 Å². The van der Waals surface area contributed by atoms with Gasteiger partial charge in [-0.25, -0.2) is 13.4 Å². The summed E-state index contributed by atoms with van der Waals surface area (Å²) in [5.74, 6) is 0.678. The van der Waals surface area contributed by atoms with Gasteiger partial charge in [0.15, 0.2) is 0 Å². The summed E-state index contributed by atoms with van der Waals surface area (Å²) in [5.41, 5.74) is 6.45. The second kappa shape index (κ2) is 5.62. The zero-order valence-electron chi connectivity index (χ0n) is 10.7. The molecule has 0 amide bonds. The Bertz CT molecular complexity index is 556. The predicted octanol–water partition coefficient (Wildman–Crippen LogP) is 0.275. The van der Waals surface area contributed by atoms with Gasteiger partial charge in [-0.2, -0.15) is 4.31 Å². The molecular formula is C11H17ClN4O2S. The van der Waals surface area contributed by atoms with E-state index in [2.05, 4.69) is 4.98 Å². The Balaban J connectivity index is 2.14. The van der Waals surface area contributed by atoms with Crippen LogP contribution in [0, 0.1) is 0 Å². The van der Waals surface area contributed by atoms with E-state index in [-0.39, 0.29) is 0 Å². The van der Waals surface area contributed by atoms with Gasteiger partial charge in [-0.15, -0.1) is 0 Å². The van der Waals surface area contributed by atoms with Crippen molar-refractivity contribution in [1.82, 2.24) is 9.29 Å². The highest BCUT2D eigenvalue weighted by Crippen LogP contribution is 2.27. The van der Waals surface area contributed by atoms with Crippen LogP contribution in [0.2, 0.25) is 5.02 Å². The first kappa shape index (κ1) is 14.5. The number of pyridine rings is 1. The maximum atomic E-state index is 11.4. The van der Waals surface area contributed by atoms with Crippen molar-refractivity contribution in [3.63, 3.8) is 0 Å². The van der Waals surface area contributed by atoms with Crippen molar-refractivity contribution >= 4 is 27.4 Å². The molecule has 2 rings (SSSR count).